The van der Waals surface area contributed by atoms with Crippen molar-refractivity contribution in [3.63, 3.8) is 0 Å². The van der Waals surface area contributed by atoms with E-state index in [9.17, 15) is 14.7 Å². The van der Waals surface area contributed by atoms with E-state index < -0.39 is 17.3 Å². The van der Waals surface area contributed by atoms with E-state index in [2.05, 4.69) is 15.5 Å². The molecule has 0 radical (unpaired) electrons. The molecule has 0 saturated heterocycles. The zero-order chi connectivity index (χ0) is 16.2. The summed E-state index contributed by atoms with van der Waals surface area (Å²) in [6.45, 7) is 3.81. The number of nitrogens with zero attached hydrogens (tertiary/aromatic N) is 2. The highest BCUT2D eigenvalue weighted by molar-refractivity contribution is 7.15. The second kappa shape index (κ2) is 7.17. The first kappa shape index (κ1) is 16.9. The summed E-state index contributed by atoms with van der Waals surface area (Å²) in [5.41, 5.74) is -0.572. The summed E-state index contributed by atoms with van der Waals surface area (Å²) in [5.74, 6) is -1.35. The molecule has 22 heavy (non-hydrogen) atoms. The van der Waals surface area contributed by atoms with Gasteiger partial charge in [-0.25, -0.2) is 0 Å². The van der Waals surface area contributed by atoms with Gasteiger partial charge in [-0.2, -0.15) is 0 Å². The van der Waals surface area contributed by atoms with Crippen LogP contribution in [-0.4, -0.2) is 27.2 Å². The van der Waals surface area contributed by atoms with Crippen molar-refractivity contribution in [2.45, 2.75) is 58.8 Å². The quantitative estimate of drug-likeness (QED) is 0.803. The van der Waals surface area contributed by atoms with Crippen LogP contribution in [0.2, 0.25) is 0 Å². The predicted molar refractivity (Wildman–Crippen MR) is 84.8 cm³/mol. The summed E-state index contributed by atoms with van der Waals surface area (Å²) in [6, 6.07) is 0. The Morgan fingerprint density at radius 1 is 1.36 bits per heavy atom. The molecule has 0 unspecified atom stereocenters. The fraction of sp³-hybridized carbons (Fsp3) is 0.733. The van der Waals surface area contributed by atoms with Crippen LogP contribution in [0.3, 0.4) is 0 Å². The van der Waals surface area contributed by atoms with Crippen LogP contribution >= 0.6 is 11.3 Å². The summed E-state index contributed by atoms with van der Waals surface area (Å²) in [6.07, 6.45) is 5.29. The van der Waals surface area contributed by atoms with Gasteiger partial charge in [0.05, 0.1) is 11.3 Å². The molecule has 122 valence electrons. The second-order valence-corrected chi connectivity index (χ2v) is 7.28. The van der Waals surface area contributed by atoms with Crippen LogP contribution in [-0.2, 0) is 9.59 Å². The monoisotopic (exact) mass is 325 g/mol. The molecule has 1 aromatic rings. The number of carbonyl (C=O) groups is 2. The average molecular weight is 325 g/mol. The molecule has 7 heteroatoms. The lowest BCUT2D eigenvalue weighted by molar-refractivity contribution is -0.144. The van der Waals surface area contributed by atoms with Gasteiger partial charge in [0.1, 0.15) is 5.01 Å². The molecule has 1 amide bonds. The molecule has 1 aromatic heterocycles. The Hall–Kier alpha value is -1.50. The van der Waals surface area contributed by atoms with Crippen molar-refractivity contribution >= 4 is 28.3 Å². The normalized spacial score (nSPS) is 18.1. The molecule has 6 nitrogen and oxygen atoms in total. The molecule has 0 aromatic carbocycles. The van der Waals surface area contributed by atoms with Crippen LogP contribution < -0.4 is 5.32 Å². The number of amides is 1. The summed E-state index contributed by atoms with van der Waals surface area (Å²) in [5, 5.41) is 21.4. The molecule has 1 atom stereocenters. The number of hydrogen-bond acceptors (Lipinski definition) is 5. The third kappa shape index (κ3) is 3.82. The van der Waals surface area contributed by atoms with Gasteiger partial charge in [-0.15, -0.1) is 10.2 Å². The SMILES string of the molecule is CCC[C@H](CC1(C(=O)Nc2nnc(C)s2)CCCC1)C(=O)O. The largest absolute Gasteiger partial charge is 0.481 e. The van der Waals surface area contributed by atoms with Crippen molar-refractivity contribution in [1.29, 1.82) is 0 Å². The molecular weight excluding hydrogens is 302 g/mol. The highest BCUT2D eigenvalue weighted by Gasteiger charge is 2.44. The van der Waals surface area contributed by atoms with E-state index in [1.54, 1.807) is 0 Å². The molecular formula is C15H23N3O3S. The van der Waals surface area contributed by atoms with Gasteiger partial charge in [-0.1, -0.05) is 37.5 Å². The van der Waals surface area contributed by atoms with Crippen LogP contribution in [0, 0.1) is 18.3 Å². The predicted octanol–water partition coefficient (Wildman–Crippen LogP) is 3.24. The Morgan fingerprint density at radius 2 is 2.05 bits per heavy atom. The topological polar surface area (TPSA) is 92.2 Å². The van der Waals surface area contributed by atoms with Gasteiger partial charge in [0.2, 0.25) is 11.0 Å². The molecule has 1 saturated carbocycles. The standard InChI is InChI=1S/C15H23N3O3S/c1-3-6-11(12(19)20)9-15(7-4-5-8-15)13(21)16-14-18-17-10(2)22-14/h11H,3-9H2,1-2H3,(H,19,20)(H,16,18,21)/t11-/m1/s1. The molecule has 0 bridgehead atoms. The van der Waals surface area contributed by atoms with Crippen LogP contribution in [0.1, 0.15) is 56.9 Å². The number of aromatic nitrogens is 2. The molecule has 1 heterocycles. The lowest BCUT2D eigenvalue weighted by atomic mass is 9.75. The van der Waals surface area contributed by atoms with Crippen molar-refractivity contribution in [2.24, 2.45) is 11.3 Å². The third-order valence-electron chi connectivity index (χ3n) is 4.41. The Balaban J connectivity index is 2.12. The minimum Gasteiger partial charge on any atom is -0.481 e. The number of nitrogens with one attached hydrogen (secondary N) is 1. The summed E-state index contributed by atoms with van der Waals surface area (Å²) in [4.78, 5) is 24.2. The number of carbonyl (C=O) groups excluding carboxylic acids is 1. The van der Waals surface area contributed by atoms with Gasteiger partial charge >= 0.3 is 5.97 Å². The van der Waals surface area contributed by atoms with Crippen LogP contribution in [0.25, 0.3) is 0 Å². The molecule has 0 spiro atoms. The van der Waals surface area contributed by atoms with E-state index in [1.807, 2.05) is 13.8 Å². The minimum atomic E-state index is -0.798. The highest BCUT2D eigenvalue weighted by atomic mass is 32.1. The first-order valence-electron chi connectivity index (χ1n) is 7.81. The lowest BCUT2D eigenvalue weighted by Gasteiger charge is -2.29. The highest BCUT2D eigenvalue weighted by Crippen LogP contribution is 2.45. The zero-order valence-electron chi connectivity index (χ0n) is 13.1. The minimum absolute atomic E-state index is 0.0940. The summed E-state index contributed by atoms with van der Waals surface area (Å²) in [7, 11) is 0. The maximum absolute atomic E-state index is 12.7. The maximum Gasteiger partial charge on any atom is 0.306 e. The van der Waals surface area contributed by atoms with Gasteiger partial charge < -0.3 is 10.4 Å². The molecule has 2 N–H and O–H groups in total. The summed E-state index contributed by atoms with van der Waals surface area (Å²) < 4.78 is 0. The Bertz CT molecular complexity index is 538. The molecule has 1 aliphatic carbocycles. The van der Waals surface area contributed by atoms with E-state index in [0.29, 0.717) is 18.0 Å². The Kier molecular flexibility index (Phi) is 5.50. The van der Waals surface area contributed by atoms with E-state index >= 15 is 0 Å². The second-order valence-electron chi connectivity index (χ2n) is 6.10. The molecule has 2 rings (SSSR count). The van der Waals surface area contributed by atoms with Crippen LogP contribution in [0.5, 0.6) is 0 Å². The Morgan fingerprint density at radius 3 is 2.55 bits per heavy atom. The first-order chi connectivity index (χ1) is 10.5. The van der Waals surface area contributed by atoms with Gasteiger partial charge in [0.25, 0.3) is 0 Å². The zero-order valence-corrected chi connectivity index (χ0v) is 13.9. The van der Waals surface area contributed by atoms with Crippen molar-refractivity contribution < 1.29 is 14.7 Å². The van der Waals surface area contributed by atoms with E-state index in [-0.39, 0.29) is 5.91 Å². The van der Waals surface area contributed by atoms with E-state index in [0.717, 1.165) is 37.1 Å². The third-order valence-corrected chi connectivity index (χ3v) is 5.17. The van der Waals surface area contributed by atoms with Gasteiger partial charge in [-0.05, 0) is 32.6 Å². The first-order valence-corrected chi connectivity index (χ1v) is 8.63. The fourth-order valence-corrected chi connectivity index (χ4v) is 3.87. The van der Waals surface area contributed by atoms with E-state index in [1.165, 1.54) is 11.3 Å². The average Bonchev–Trinajstić information content (AvgIpc) is 3.08. The number of aliphatic carboxylic acids is 1. The van der Waals surface area contributed by atoms with Gasteiger partial charge in [0, 0.05) is 0 Å². The number of carboxylic acids is 1. The molecule has 0 aliphatic heterocycles. The summed E-state index contributed by atoms with van der Waals surface area (Å²) >= 11 is 1.34. The van der Waals surface area contributed by atoms with Crippen molar-refractivity contribution in [3.8, 4) is 0 Å². The van der Waals surface area contributed by atoms with Gasteiger partial charge in [0.15, 0.2) is 0 Å². The van der Waals surface area contributed by atoms with Crippen molar-refractivity contribution in [1.82, 2.24) is 10.2 Å². The Labute approximate surface area is 134 Å². The van der Waals surface area contributed by atoms with Crippen LogP contribution in [0.4, 0.5) is 5.13 Å². The van der Waals surface area contributed by atoms with Gasteiger partial charge in [-0.3, -0.25) is 9.59 Å². The van der Waals surface area contributed by atoms with Crippen molar-refractivity contribution in [3.05, 3.63) is 5.01 Å². The number of rotatable bonds is 7. The number of anilines is 1. The van der Waals surface area contributed by atoms with Crippen molar-refractivity contribution in [2.75, 3.05) is 5.32 Å². The fourth-order valence-electron chi connectivity index (χ4n) is 3.29. The molecule has 1 fully saturated rings. The van der Waals surface area contributed by atoms with E-state index in [4.69, 9.17) is 0 Å². The number of aryl methyl sites for hydroxylation is 1. The maximum atomic E-state index is 12.7. The van der Waals surface area contributed by atoms with Crippen LogP contribution in [0.15, 0.2) is 0 Å². The smallest absolute Gasteiger partial charge is 0.306 e. The lowest BCUT2D eigenvalue weighted by Crippen LogP contribution is -2.37. The molecule has 1 aliphatic rings. The number of hydrogen-bond donors (Lipinski definition) is 2. The number of carboxylic acid groups (broad SMARTS) is 1.